The number of nitrogens with zero attached hydrogens (tertiary/aromatic N) is 3. The summed E-state index contributed by atoms with van der Waals surface area (Å²) >= 11 is 0. The predicted molar refractivity (Wildman–Crippen MR) is 108 cm³/mol. The van der Waals surface area contributed by atoms with Gasteiger partial charge in [-0.2, -0.15) is 4.31 Å². The van der Waals surface area contributed by atoms with Gasteiger partial charge < -0.3 is 0 Å². The molecule has 2 fully saturated rings. The quantitative estimate of drug-likeness (QED) is 0.548. The number of hydrogen-bond acceptors (Lipinski definition) is 5. The Morgan fingerprint density at radius 3 is 2.03 bits per heavy atom. The molecule has 2 heterocycles. The number of carbonyl (C=O) groups is 2. The second-order valence-electron chi connectivity index (χ2n) is 8.17. The molecule has 0 saturated carbocycles. The van der Waals surface area contributed by atoms with Crippen LogP contribution in [-0.4, -0.2) is 67.2 Å². The van der Waals surface area contributed by atoms with Crippen molar-refractivity contribution in [3.8, 4) is 0 Å². The molecular weight excluding hydrogens is 390 g/mol. The van der Waals surface area contributed by atoms with Crippen molar-refractivity contribution in [3.63, 3.8) is 0 Å². The van der Waals surface area contributed by atoms with Crippen LogP contribution in [-0.2, 0) is 19.6 Å². The Morgan fingerprint density at radius 2 is 1.48 bits per heavy atom. The molecule has 3 aliphatic rings. The molecule has 0 N–H and O–H groups in total. The van der Waals surface area contributed by atoms with Gasteiger partial charge >= 0.3 is 0 Å². The molecule has 2 amide bonds. The first-order valence-electron chi connectivity index (χ1n) is 10.1. The summed E-state index contributed by atoms with van der Waals surface area (Å²) in [4.78, 5) is 28.9. The normalized spacial score (nSPS) is 26.2. The first-order valence-corrected chi connectivity index (χ1v) is 11.5. The highest BCUT2D eigenvalue weighted by Crippen LogP contribution is 2.35. The summed E-state index contributed by atoms with van der Waals surface area (Å²) in [5, 5.41) is 0. The van der Waals surface area contributed by atoms with Crippen molar-refractivity contribution in [2.75, 3.05) is 32.8 Å². The maximum atomic E-state index is 13.0. The van der Waals surface area contributed by atoms with Gasteiger partial charge in [0.05, 0.1) is 23.4 Å². The lowest BCUT2D eigenvalue weighted by Crippen LogP contribution is -2.52. The summed E-state index contributed by atoms with van der Waals surface area (Å²) in [6, 6.07) is 5.20. The van der Waals surface area contributed by atoms with Crippen LogP contribution in [0.25, 0.3) is 0 Å². The first-order chi connectivity index (χ1) is 13.8. The van der Waals surface area contributed by atoms with E-state index in [0.29, 0.717) is 43.9 Å². The molecule has 7 nitrogen and oxygen atoms in total. The van der Waals surface area contributed by atoms with E-state index in [1.807, 2.05) is 37.0 Å². The van der Waals surface area contributed by atoms with E-state index in [2.05, 4.69) is 0 Å². The van der Waals surface area contributed by atoms with Gasteiger partial charge in [-0.15, -0.1) is 0 Å². The second kappa shape index (κ2) is 7.66. The van der Waals surface area contributed by atoms with Crippen LogP contribution in [0.1, 0.15) is 24.0 Å². The van der Waals surface area contributed by atoms with Crippen molar-refractivity contribution in [3.05, 3.63) is 41.5 Å². The molecule has 2 saturated heterocycles. The number of amides is 2. The van der Waals surface area contributed by atoms with Gasteiger partial charge in [-0.25, -0.2) is 8.42 Å². The van der Waals surface area contributed by atoms with Gasteiger partial charge in [0.25, 0.3) is 0 Å². The van der Waals surface area contributed by atoms with Crippen LogP contribution in [0, 0.1) is 25.7 Å². The smallest absolute Gasteiger partial charge is 0.243 e. The third-order valence-corrected chi connectivity index (χ3v) is 8.28. The molecule has 1 aliphatic carbocycles. The van der Waals surface area contributed by atoms with E-state index >= 15 is 0 Å². The first kappa shape index (κ1) is 20.3. The molecule has 156 valence electrons. The largest absolute Gasteiger partial charge is 0.283 e. The van der Waals surface area contributed by atoms with Crippen LogP contribution in [0.2, 0.25) is 0 Å². The Hall–Kier alpha value is -2.03. The third kappa shape index (κ3) is 3.65. The molecule has 0 spiro atoms. The maximum Gasteiger partial charge on any atom is 0.243 e. The summed E-state index contributed by atoms with van der Waals surface area (Å²) in [5.74, 6) is -0.623. The van der Waals surface area contributed by atoms with Crippen molar-refractivity contribution in [2.24, 2.45) is 11.8 Å². The highest BCUT2D eigenvalue weighted by molar-refractivity contribution is 7.89. The van der Waals surface area contributed by atoms with Crippen molar-refractivity contribution in [2.45, 2.75) is 31.6 Å². The number of rotatable bonds is 4. The Balaban J connectivity index is 1.39. The van der Waals surface area contributed by atoms with Crippen LogP contribution < -0.4 is 0 Å². The Kier molecular flexibility index (Phi) is 5.35. The van der Waals surface area contributed by atoms with E-state index in [4.69, 9.17) is 0 Å². The maximum absolute atomic E-state index is 13.0. The third-order valence-electron chi connectivity index (χ3n) is 6.39. The van der Waals surface area contributed by atoms with Crippen molar-refractivity contribution in [1.29, 1.82) is 0 Å². The number of likely N-dealkylation sites (tertiary alicyclic amines) is 1. The van der Waals surface area contributed by atoms with E-state index in [9.17, 15) is 18.0 Å². The van der Waals surface area contributed by atoms with Gasteiger partial charge in [-0.05, 0) is 49.9 Å². The fourth-order valence-electron chi connectivity index (χ4n) is 4.34. The molecule has 0 unspecified atom stereocenters. The number of aryl methyl sites for hydroxylation is 2. The van der Waals surface area contributed by atoms with Gasteiger partial charge in [-0.1, -0.05) is 18.2 Å². The zero-order valence-electron chi connectivity index (χ0n) is 16.9. The summed E-state index contributed by atoms with van der Waals surface area (Å²) in [6.45, 7) is 5.80. The zero-order valence-corrected chi connectivity index (χ0v) is 17.7. The van der Waals surface area contributed by atoms with Gasteiger partial charge in [-0.3, -0.25) is 19.4 Å². The zero-order chi connectivity index (χ0) is 20.8. The fraction of sp³-hybridized carbons (Fsp3) is 0.524. The number of fused-ring (bicyclic) bond motifs is 1. The molecular formula is C21H27N3O4S. The van der Waals surface area contributed by atoms with Crippen LogP contribution in [0.15, 0.2) is 35.2 Å². The summed E-state index contributed by atoms with van der Waals surface area (Å²) in [5.41, 5.74) is 2.01. The molecule has 2 aliphatic heterocycles. The standard InChI is InChI=1S/C21H27N3O4S/c1-15-7-8-17(13-16(15)2)29(27,28)23-11-9-22(10-12-23)14-24-20(25)18-5-3-4-6-19(18)21(24)26/h3-4,7-8,13,18-19H,5-6,9-12,14H2,1-2H3/t18-,19-/m1/s1. The molecule has 2 atom stereocenters. The lowest BCUT2D eigenvalue weighted by atomic mass is 9.85. The lowest BCUT2D eigenvalue weighted by molar-refractivity contribution is -0.142. The number of imide groups is 1. The van der Waals surface area contributed by atoms with Crippen LogP contribution in [0.5, 0.6) is 0 Å². The molecule has 1 aromatic carbocycles. The van der Waals surface area contributed by atoms with E-state index in [-0.39, 0.29) is 30.3 Å². The minimum Gasteiger partial charge on any atom is -0.283 e. The highest BCUT2D eigenvalue weighted by atomic mass is 32.2. The number of carbonyl (C=O) groups excluding carboxylic acids is 2. The second-order valence-corrected chi connectivity index (χ2v) is 10.1. The van der Waals surface area contributed by atoms with E-state index in [1.165, 1.54) is 9.21 Å². The van der Waals surface area contributed by atoms with Crippen LogP contribution in [0.3, 0.4) is 0 Å². The predicted octanol–water partition coefficient (Wildman–Crippen LogP) is 1.52. The molecule has 0 bridgehead atoms. The molecule has 0 aromatic heterocycles. The molecule has 1 aromatic rings. The number of allylic oxidation sites excluding steroid dienone is 2. The number of benzene rings is 1. The van der Waals surface area contributed by atoms with Crippen molar-refractivity contribution >= 4 is 21.8 Å². The average Bonchev–Trinajstić information content (AvgIpc) is 2.95. The molecule has 4 rings (SSSR count). The SMILES string of the molecule is Cc1ccc(S(=O)(=O)N2CCN(CN3C(=O)[C@@H]4CC=CC[C@H]4C3=O)CC2)cc1C. The Labute approximate surface area is 172 Å². The minimum atomic E-state index is -3.54. The molecule has 0 radical (unpaired) electrons. The van der Waals surface area contributed by atoms with Crippen molar-refractivity contribution < 1.29 is 18.0 Å². The van der Waals surface area contributed by atoms with Crippen LogP contribution >= 0.6 is 0 Å². The molecule has 29 heavy (non-hydrogen) atoms. The summed E-state index contributed by atoms with van der Waals surface area (Å²) < 4.78 is 27.4. The summed E-state index contributed by atoms with van der Waals surface area (Å²) in [7, 11) is -3.54. The number of sulfonamides is 1. The van der Waals surface area contributed by atoms with Gasteiger partial charge in [0.15, 0.2) is 0 Å². The number of hydrogen-bond donors (Lipinski definition) is 0. The minimum absolute atomic E-state index is 0.0884. The van der Waals surface area contributed by atoms with Gasteiger partial charge in [0, 0.05) is 26.2 Å². The van der Waals surface area contributed by atoms with E-state index < -0.39 is 10.0 Å². The molecule has 8 heteroatoms. The monoisotopic (exact) mass is 417 g/mol. The van der Waals surface area contributed by atoms with E-state index in [1.54, 1.807) is 12.1 Å². The lowest BCUT2D eigenvalue weighted by Gasteiger charge is -2.35. The van der Waals surface area contributed by atoms with Gasteiger partial charge in [0.2, 0.25) is 21.8 Å². The highest BCUT2D eigenvalue weighted by Gasteiger charge is 2.47. The Bertz CT molecular complexity index is 938. The Morgan fingerprint density at radius 1 is 0.897 bits per heavy atom. The van der Waals surface area contributed by atoms with Crippen molar-refractivity contribution in [1.82, 2.24) is 14.1 Å². The van der Waals surface area contributed by atoms with E-state index in [0.717, 1.165) is 11.1 Å². The number of piperazine rings is 1. The summed E-state index contributed by atoms with van der Waals surface area (Å²) in [6.07, 6.45) is 5.22. The van der Waals surface area contributed by atoms with Crippen LogP contribution in [0.4, 0.5) is 0 Å². The van der Waals surface area contributed by atoms with Gasteiger partial charge in [0.1, 0.15) is 0 Å². The topological polar surface area (TPSA) is 78.0 Å². The average molecular weight is 418 g/mol. The fourth-order valence-corrected chi connectivity index (χ4v) is 5.85.